The maximum Gasteiger partial charge on any atom is 0.408 e. The lowest BCUT2D eigenvalue weighted by Gasteiger charge is -2.29. The van der Waals surface area contributed by atoms with Crippen LogP contribution in [0.5, 0.6) is 5.75 Å². The Kier molecular flexibility index (Phi) is 21.1. The van der Waals surface area contributed by atoms with Crippen LogP contribution < -0.4 is 37.2 Å². The van der Waals surface area contributed by atoms with Crippen LogP contribution in [0.3, 0.4) is 0 Å². The van der Waals surface area contributed by atoms with Gasteiger partial charge < -0.3 is 56.9 Å². The van der Waals surface area contributed by atoms with E-state index >= 15 is 0 Å². The Morgan fingerprint density at radius 2 is 0.985 bits per heavy atom. The first-order valence-corrected chi connectivity index (χ1v) is 21.6. The van der Waals surface area contributed by atoms with Gasteiger partial charge in [-0.25, -0.2) is 4.79 Å². The number of nitrogens with one attached hydrogen (secondary N) is 7. The van der Waals surface area contributed by atoms with E-state index in [0.717, 1.165) is 0 Å². The number of carboxylic acid groups (broad SMARTS) is 1. The molecule has 0 heterocycles. The summed E-state index contributed by atoms with van der Waals surface area (Å²) in [7, 11) is 0. The number of phenols is 1. The predicted octanol–water partition coefficient (Wildman–Crippen LogP) is 1.76. The number of esters is 1. The molecule has 0 aromatic heterocycles. The van der Waals surface area contributed by atoms with Gasteiger partial charge in [0.15, 0.2) is 0 Å². The van der Waals surface area contributed by atoms with E-state index in [1.54, 1.807) is 112 Å². The van der Waals surface area contributed by atoms with Gasteiger partial charge in [-0.3, -0.25) is 38.4 Å². The first-order valence-electron chi connectivity index (χ1n) is 21.6. The minimum Gasteiger partial charge on any atom is -0.508 e. The fraction of sp³-hybridized carbons (Fsp3) is 0.543. The summed E-state index contributed by atoms with van der Waals surface area (Å²) in [5, 5.41) is 36.3. The average molecular weight is 926 g/mol. The third-order valence-corrected chi connectivity index (χ3v) is 9.38. The highest BCUT2D eigenvalue weighted by molar-refractivity contribution is 5.98. The molecular weight excluding hydrogens is 859 g/mol. The average Bonchev–Trinajstić information content (AvgIpc) is 3.19. The lowest BCUT2D eigenvalue weighted by atomic mass is 9.99. The van der Waals surface area contributed by atoms with E-state index in [-0.39, 0.29) is 18.6 Å². The van der Waals surface area contributed by atoms with Crippen molar-refractivity contribution in [3.63, 3.8) is 0 Å². The van der Waals surface area contributed by atoms with Gasteiger partial charge in [0.25, 0.3) is 0 Å². The number of ether oxygens (including phenoxy) is 2. The maximum absolute atomic E-state index is 14.2. The molecule has 6 atom stereocenters. The molecule has 0 saturated heterocycles. The summed E-state index contributed by atoms with van der Waals surface area (Å²) in [6, 6.07) is 6.30. The zero-order valence-electron chi connectivity index (χ0n) is 39.5. The molecule has 0 fully saturated rings. The van der Waals surface area contributed by atoms with Crippen LogP contribution in [0.15, 0.2) is 54.6 Å². The summed E-state index contributed by atoms with van der Waals surface area (Å²) < 4.78 is 10.8. The molecule has 20 heteroatoms. The fourth-order valence-corrected chi connectivity index (χ4v) is 6.13. The summed E-state index contributed by atoms with van der Waals surface area (Å²) in [6.45, 7) is 16.9. The third-order valence-electron chi connectivity index (χ3n) is 9.38. The van der Waals surface area contributed by atoms with Gasteiger partial charge in [0, 0.05) is 12.8 Å². The number of alkyl carbamates (subject to hydrolysis) is 1. The Balaban J connectivity index is 2.43. The van der Waals surface area contributed by atoms with Crippen LogP contribution in [-0.4, -0.2) is 118 Å². The smallest absolute Gasteiger partial charge is 0.408 e. The molecule has 0 aliphatic rings. The second kappa shape index (κ2) is 25.1. The SMILES string of the molecule is CC(C)[C@H](NC(=O)[C@H](CC(=O)OC(C)(C)C)NC(=O)[C@H](Cc1ccccc1)NC(=O)[C@@H](C)NC(=O)[C@H](Cc1ccc(O)cc1)NC(=O)OC(C)(C)C)C(=O)N[C@H](C(=O)NCC(=O)O)C(C)C. The van der Waals surface area contributed by atoms with Crippen LogP contribution >= 0.6 is 0 Å². The second-order valence-corrected chi connectivity index (χ2v) is 18.5. The molecule has 0 saturated carbocycles. The normalized spacial score (nSPS) is 14.2. The van der Waals surface area contributed by atoms with Gasteiger partial charge >= 0.3 is 18.0 Å². The first kappa shape index (κ1) is 55.4. The summed E-state index contributed by atoms with van der Waals surface area (Å²) in [5.41, 5.74) is -0.746. The van der Waals surface area contributed by atoms with E-state index in [4.69, 9.17) is 14.6 Å². The lowest BCUT2D eigenvalue weighted by Crippen LogP contribution is -2.61. The largest absolute Gasteiger partial charge is 0.508 e. The van der Waals surface area contributed by atoms with E-state index in [0.29, 0.717) is 11.1 Å². The Hall–Kier alpha value is -6.73. The fourth-order valence-electron chi connectivity index (χ4n) is 6.13. The van der Waals surface area contributed by atoms with Crippen molar-refractivity contribution in [3.05, 3.63) is 65.7 Å². The number of aromatic hydroxyl groups is 1. The summed E-state index contributed by atoms with van der Waals surface area (Å²) in [5.74, 6) is -8.40. The molecule has 0 unspecified atom stereocenters. The van der Waals surface area contributed by atoms with Crippen molar-refractivity contribution in [2.45, 2.75) is 143 Å². The number of phenolic OH excluding ortho intramolecular Hbond substituents is 1. The van der Waals surface area contributed by atoms with Gasteiger partial charge in [-0.15, -0.1) is 0 Å². The lowest BCUT2D eigenvalue weighted by molar-refractivity contribution is -0.156. The van der Waals surface area contributed by atoms with Gasteiger partial charge in [0.1, 0.15) is 59.7 Å². The molecule has 364 valence electrons. The molecule has 0 aliphatic heterocycles. The molecule has 66 heavy (non-hydrogen) atoms. The van der Waals surface area contributed by atoms with Gasteiger partial charge in [0.05, 0.1) is 6.42 Å². The number of aliphatic carboxylic acids is 1. The number of amides is 7. The van der Waals surface area contributed by atoms with Gasteiger partial charge in [-0.1, -0.05) is 70.2 Å². The van der Waals surface area contributed by atoms with E-state index in [1.165, 1.54) is 19.1 Å². The number of hydrogen-bond donors (Lipinski definition) is 9. The molecule has 20 nitrogen and oxygen atoms in total. The Labute approximate surface area is 385 Å². The van der Waals surface area contributed by atoms with E-state index in [1.807, 2.05) is 0 Å². The summed E-state index contributed by atoms with van der Waals surface area (Å²) in [4.78, 5) is 119. The quantitative estimate of drug-likeness (QED) is 0.0762. The van der Waals surface area contributed by atoms with E-state index in [2.05, 4.69) is 37.2 Å². The molecular formula is C46H67N7O13. The van der Waals surface area contributed by atoms with Crippen molar-refractivity contribution >= 4 is 53.5 Å². The van der Waals surface area contributed by atoms with Crippen LogP contribution in [0.2, 0.25) is 0 Å². The molecule has 0 spiro atoms. The molecule has 2 aromatic rings. The Bertz CT molecular complexity index is 2010. The van der Waals surface area contributed by atoms with E-state index in [9.17, 15) is 48.3 Å². The standard InChI is InChI=1S/C46H67N7O13/c1-25(2)36(42(62)47-24-34(55)56)53-43(63)37(26(3)4)52-41(61)33(23-35(57)65-45(6,7)8)50-40(60)31(21-28-15-13-12-14-16-28)49-38(58)27(5)48-39(59)32(51-44(64)66-46(9,10)11)22-29-17-19-30(54)20-18-29/h12-20,25-27,31-33,36-37,54H,21-24H2,1-11H3,(H,47,62)(H,48,59)(H,49,58)(H,50,60)(H,51,64)(H,52,61)(H,53,63)(H,55,56)/t27-,31+,32+,33+,36+,37+/m1/s1. The van der Waals surface area contributed by atoms with Gasteiger partial charge in [-0.2, -0.15) is 0 Å². The van der Waals surface area contributed by atoms with Crippen LogP contribution in [0.25, 0.3) is 0 Å². The van der Waals surface area contributed by atoms with Gasteiger partial charge in [0.2, 0.25) is 35.4 Å². The zero-order valence-corrected chi connectivity index (χ0v) is 39.5. The highest BCUT2D eigenvalue weighted by atomic mass is 16.6. The number of hydrogen-bond acceptors (Lipinski definition) is 12. The van der Waals surface area contributed by atoms with Crippen molar-refractivity contribution in [2.75, 3.05) is 6.54 Å². The molecule has 2 aromatic carbocycles. The Morgan fingerprint density at radius 1 is 0.530 bits per heavy atom. The molecule has 2 rings (SSSR count). The third kappa shape index (κ3) is 20.4. The number of carbonyl (C=O) groups excluding carboxylic acids is 8. The zero-order chi connectivity index (χ0) is 50.1. The molecule has 0 radical (unpaired) electrons. The van der Waals surface area contributed by atoms with Crippen molar-refractivity contribution < 1.29 is 62.8 Å². The molecule has 7 amide bonds. The minimum absolute atomic E-state index is 0.0158. The molecule has 9 N–H and O–H groups in total. The predicted molar refractivity (Wildman–Crippen MR) is 241 cm³/mol. The molecule has 0 aliphatic carbocycles. The van der Waals surface area contributed by atoms with E-state index < -0.39 is 126 Å². The minimum atomic E-state index is -1.67. The monoisotopic (exact) mass is 925 g/mol. The van der Waals surface area contributed by atoms with Crippen molar-refractivity contribution in [1.29, 1.82) is 0 Å². The van der Waals surface area contributed by atoms with Crippen LogP contribution in [-0.2, 0) is 60.7 Å². The maximum atomic E-state index is 14.2. The number of carboxylic acids is 1. The highest BCUT2D eigenvalue weighted by Crippen LogP contribution is 2.15. The van der Waals surface area contributed by atoms with Crippen LogP contribution in [0, 0.1) is 11.8 Å². The van der Waals surface area contributed by atoms with Crippen LogP contribution in [0.1, 0.15) is 93.7 Å². The first-order chi connectivity index (χ1) is 30.5. The van der Waals surface area contributed by atoms with Gasteiger partial charge in [-0.05, 0) is 83.6 Å². The molecule has 0 bridgehead atoms. The second-order valence-electron chi connectivity index (χ2n) is 18.5. The summed E-state index contributed by atoms with van der Waals surface area (Å²) in [6.07, 6.45) is -1.79. The summed E-state index contributed by atoms with van der Waals surface area (Å²) >= 11 is 0. The Morgan fingerprint density at radius 3 is 1.50 bits per heavy atom. The topological polar surface area (TPSA) is 297 Å². The van der Waals surface area contributed by atoms with Crippen molar-refractivity contribution in [1.82, 2.24) is 37.2 Å². The van der Waals surface area contributed by atoms with Crippen LogP contribution in [0.4, 0.5) is 4.79 Å². The number of rotatable bonds is 22. The van der Waals surface area contributed by atoms with Crippen molar-refractivity contribution in [3.8, 4) is 5.75 Å². The number of benzene rings is 2. The highest BCUT2D eigenvalue weighted by Gasteiger charge is 2.36. The van der Waals surface area contributed by atoms with Crippen molar-refractivity contribution in [2.24, 2.45) is 11.8 Å². The number of carbonyl (C=O) groups is 9.